The van der Waals surface area contributed by atoms with Crippen LogP contribution >= 0.6 is 0 Å². The van der Waals surface area contributed by atoms with E-state index >= 15 is 0 Å². The third kappa shape index (κ3) is 3.05. The Morgan fingerprint density at radius 3 is 3.14 bits per heavy atom. The first-order valence-electron chi connectivity index (χ1n) is 7.94. The van der Waals surface area contributed by atoms with Crippen LogP contribution in [0.5, 0.6) is 0 Å². The first-order chi connectivity index (χ1) is 10.7. The van der Waals surface area contributed by atoms with Crippen molar-refractivity contribution in [1.29, 1.82) is 0 Å². The van der Waals surface area contributed by atoms with Crippen molar-refractivity contribution in [2.45, 2.75) is 32.4 Å². The number of nitrogens with zero attached hydrogens (tertiary/aromatic N) is 1. The Balaban J connectivity index is 1.69. The van der Waals surface area contributed by atoms with Gasteiger partial charge in [0.15, 0.2) is 5.43 Å². The Labute approximate surface area is 129 Å². The molecule has 0 radical (unpaired) electrons. The number of H-pyrrole nitrogens is 1. The summed E-state index contributed by atoms with van der Waals surface area (Å²) in [5, 5.41) is 3.78. The fourth-order valence-corrected chi connectivity index (χ4v) is 3.30. The van der Waals surface area contributed by atoms with Gasteiger partial charge < -0.3 is 10.3 Å². The first-order valence-corrected chi connectivity index (χ1v) is 7.94. The Kier molecular flexibility index (Phi) is 4.55. The van der Waals surface area contributed by atoms with E-state index in [0.29, 0.717) is 23.5 Å². The van der Waals surface area contributed by atoms with E-state index in [2.05, 4.69) is 22.1 Å². The maximum atomic E-state index is 13.8. The molecule has 2 aromatic rings. The number of aromatic amines is 1. The zero-order chi connectivity index (χ0) is 15.5. The highest BCUT2D eigenvalue weighted by atomic mass is 19.1. The molecular formula is C17H22FN3O. The van der Waals surface area contributed by atoms with Crippen LogP contribution in [0.25, 0.3) is 10.9 Å². The number of halogens is 1. The van der Waals surface area contributed by atoms with Crippen LogP contribution in [-0.2, 0) is 6.54 Å². The highest BCUT2D eigenvalue weighted by molar-refractivity contribution is 5.78. The monoisotopic (exact) mass is 303 g/mol. The Morgan fingerprint density at radius 1 is 1.45 bits per heavy atom. The van der Waals surface area contributed by atoms with Gasteiger partial charge >= 0.3 is 0 Å². The van der Waals surface area contributed by atoms with E-state index in [4.69, 9.17) is 0 Å². The average Bonchev–Trinajstić information content (AvgIpc) is 2.96. The van der Waals surface area contributed by atoms with Crippen molar-refractivity contribution < 1.29 is 4.39 Å². The van der Waals surface area contributed by atoms with Gasteiger partial charge in [-0.3, -0.25) is 9.69 Å². The number of likely N-dealkylation sites (N-methyl/N-ethyl adjacent to an activating group) is 1. The molecule has 0 unspecified atom stereocenters. The van der Waals surface area contributed by atoms with Crippen LogP contribution in [0.4, 0.5) is 4.39 Å². The molecular weight excluding hydrogens is 281 g/mol. The highest BCUT2D eigenvalue weighted by Crippen LogP contribution is 2.16. The molecule has 22 heavy (non-hydrogen) atoms. The summed E-state index contributed by atoms with van der Waals surface area (Å²) in [6.45, 7) is 5.87. The molecule has 2 heterocycles. The fourth-order valence-electron chi connectivity index (χ4n) is 3.30. The molecule has 2 N–H and O–H groups in total. The topological polar surface area (TPSA) is 48.1 Å². The molecule has 1 atom stereocenters. The number of fused-ring (bicyclic) bond motifs is 1. The minimum atomic E-state index is -0.385. The standard InChI is InChI=1S/C17H22FN3O/c1-2-21-8-4-5-13(21)11-19-10-12-9-16(22)14-6-3-7-15(18)17(14)20-12/h3,6-7,9,13,19H,2,4-5,8,10-11H2,1H3,(H,20,22)/t13-/m1/s1. The van der Waals surface area contributed by atoms with Crippen LogP contribution in [0, 0.1) is 5.82 Å². The molecule has 4 nitrogen and oxygen atoms in total. The van der Waals surface area contributed by atoms with E-state index in [1.165, 1.54) is 25.5 Å². The van der Waals surface area contributed by atoms with E-state index in [1.807, 2.05) is 0 Å². The second-order valence-corrected chi connectivity index (χ2v) is 5.88. The number of likely N-dealkylation sites (tertiary alicyclic amines) is 1. The van der Waals surface area contributed by atoms with E-state index in [-0.39, 0.29) is 11.2 Å². The maximum Gasteiger partial charge on any atom is 0.189 e. The van der Waals surface area contributed by atoms with Crippen molar-refractivity contribution in [3.63, 3.8) is 0 Å². The molecule has 0 aliphatic carbocycles. The number of pyridine rings is 1. The lowest BCUT2D eigenvalue weighted by Crippen LogP contribution is -2.37. The smallest absolute Gasteiger partial charge is 0.189 e. The van der Waals surface area contributed by atoms with E-state index in [9.17, 15) is 9.18 Å². The van der Waals surface area contributed by atoms with Crippen molar-refractivity contribution in [3.05, 3.63) is 46.0 Å². The van der Waals surface area contributed by atoms with Gasteiger partial charge in [0.25, 0.3) is 0 Å². The summed E-state index contributed by atoms with van der Waals surface area (Å²) in [4.78, 5) is 17.6. The molecule has 1 aliphatic heterocycles. The zero-order valence-electron chi connectivity index (χ0n) is 12.9. The molecule has 1 aliphatic rings. The van der Waals surface area contributed by atoms with Crippen LogP contribution in [0.3, 0.4) is 0 Å². The van der Waals surface area contributed by atoms with E-state index in [1.54, 1.807) is 18.2 Å². The third-order valence-corrected chi connectivity index (χ3v) is 4.47. The van der Waals surface area contributed by atoms with Gasteiger partial charge in [-0.1, -0.05) is 13.0 Å². The lowest BCUT2D eigenvalue weighted by molar-refractivity contribution is 0.259. The Morgan fingerprint density at radius 2 is 2.32 bits per heavy atom. The number of benzene rings is 1. The number of nitrogens with one attached hydrogen (secondary N) is 2. The minimum Gasteiger partial charge on any atom is -0.355 e. The van der Waals surface area contributed by atoms with Gasteiger partial charge in [-0.25, -0.2) is 4.39 Å². The number of aromatic nitrogens is 1. The van der Waals surface area contributed by atoms with Crippen LogP contribution < -0.4 is 10.7 Å². The van der Waals surface area contributed by atoms with Crippen molar-refractivity contribution in [2.24, 2.45) is 0 Å². The number of hydrogen-bond donors (Lipinski definition) is 2. The molecule has 0 amide bonds. The zero-order valence-corrected chi connectivity index (χ0v) is 12.9. The van der Waals surface area contributed by atoms with Crippen LogP contribution in [-0.4, -0.2) is 35.6 Å². The molecule has 118 valence electrons. The summed E-state index contributed by atoms with van der Waals surface area (Å²) in [5.41, 5.74) is 0.882. The largest absolute Gasteiger partial charge is 0.355 e. The summed E-state index contributed by atoms with van der Waals surface area (Å²) >= 11 is 0. The molecule has 0 bridgehead atoms. The number of para-hydroxylation sites is 1. The molecule has 0 spiro atoms. The van der Waals surface area contributed by atoms with Gasteiger partial charge in [0.2, 0.25) is 0 Å². The summed E-state index contributed by atoms with van der Waals surface area (Å²) in [6, 6.07) is 6.69. The molecule has 1 saturated heterocycles. The Hall–Kier alpha value is -1.72. The van der Waals surface area contributed by atoms with Crippen molar-refractivity contribution >= 4 is 10.9 Å². The normalized spacial score (nSPS) is 19.1. The van der Waals surface area contributed by atoms with Crippen molar-refractivity contribution in [3.8, 4) is 0 Å². The van der Waals surface area contributed by atoms with Gasteiger partial charge in [-0.05, 0) is 38.1 Å². The maximum absolute atomic E-state index is 13.8. The predicted octanol–water partition coefficient (Wildman–Crippen LogP) is 2.24. The van der Waals surface area contributed by atoms with Gasteiger partial charge in [0.05, 0.1) is 5.52 Å². The van der Waals surface area contributed by atoms with Crippen LogP contribution in [0.2, 0.25) is 0 Å². The third-order valence-electron chi connectivity index (χ3n) is 4.47. The quantitative estimate of drug-likeness (QED) is 0.890. The lowest BCUT2D eigenvalue weighted by Gasteiger charge is -2.23. The molecule has 5 heteroatoms. The van der Waals surface area contributed by atoms with Crippen LogP contribution in [0.15, 0.2) is 29.1 Å². The summed E-state index contributed by atoms with van der Waals surface area (Å²) in [5.74, 6) is -0.385. The fraction of sp³-hybridized carbons (Fsp3) is 0.471. The van der Waals surface area contributed by atoms with E-state index < -0.39 is 0 Å². The van der Waals surface area contributed by atoms with Gasteiger partial charge in [-0.2, -0.15) is 0 Å². The first kappa shape index (κ1) is 15.2. The average molecular weight is 303 g/mol. The Bertz CT molecular complexity index is 713. The summed E-state index contributed by atoms with van der Waals surface area (Å²) < 4.78 is 13.8. The van der Waals surface area contributed by atoms with Crippen molar-refractivity contribution in [2.75, 3.05) is 19.6 Å². The summed E-state index contributed by atoms with van der Waals surface area (Å²) in [6.07, 6.45) is 2.46. The van der Waals surface area contributed by atoms with Crippen LogP contribution in [0.1, 0.15) is 25.5 Å². The predicted molar refractivity (Wildman–Crippen MR) is 86.5 cm³/mol. The molecule has 1 aromatic heterocycles. The minimum absolute atomic E-state index is 0.138. The van der Waals surface area contributed by atoms with E-state index in [0.717, 1.165) is 18.8 Å². The number of rotatable bonds is 5. The van der Waals surface area contributed by atoms with Crippen molar-refractivity contribution in [1.82, 2.24) is 15.2 Å². The highest BCUT2D eigenvalue weighted by Gasteiger charge is 2.22. The second-order valence-electron chi connectivity index (χ2n) is 5.88. The van der Waals surface area contributed by atoms with Gasteiger partial charge in [0.1, 0.15) is 5.82 Å². The van der Waals surface area contributed by atoms with Gasteiger partial charge in [-0.15, -0.1) is 0 Å². The summed E-state index contributed by atoms with van der Waals surface area (Å²) in [7, 11) is 0. The number of hydrogen-bond acceptors (Lipinski definition) is 3. The molecule has 1 fully saturated rings. The second kappa shape index (κ2) is 6.58. The lowest BCUT2D eigenvalue weighted by atomic mass is 10.2. The molecule has 3 rings (SSSR count). The van der Waals surface area contributed by atoms with Gasteiger partial charge in [0, 0.05) is 36.3 Å². The molecule has 0 saturated carbocycles. The SMILES string of the molecule is CCN1CCC[C@@H]1CNCc1cc(=O)c2cccc(F)c2[nH]1. The molecule has 1 aromatic carbocycles.